The predicted octanol–water partition coefficient (Wildman–Crippen LogP) is 2.57. The molecule has 0 bridgehead atoms. The van der Waals surface area contributed by atoms with Gasteiger partial charge in [-0.05, 0) is 65.8 Å². The largest absolute Gasteiger partial charge is 0.465 e. The lowest BCUT2D eigenvalue weighted by Crippen LogP contribution is -2.55. The molecule has 0 aromatic heterocycles. The molecule has 2 rings (SSSR count). The average Bonchev–Trinajstić information content (AvgIpc) is 3.17. The highest BCUT2D eigenvalue weighted by Gasteiger charge is 2.41. The lowest BCUT2D eigenvalue weighted by molar-refractivity contribution is -0.151. The Kier molecular flexibility index (Phi) is 5.67. The van der Waals surface area contributed by atoms with Crippen molar-refractivity contribution in [3.8, 4) is 0 Å². The van der Waals surface area contributed by atoms with E-state index in [2.05, 4.69) is 24.2 Å². The maximum absolute atomic E-state index is 12.4. The Morgan fingerprint density at radius 2 is 2.05 bits per heavy atom. The van der Waals surface area contributed by atoms with E-state index in [0.717, 1.165) is 18.9 Å². The van der Waals surface area contributed by atoms with Gasteiger partial charge in [-0.3, -0.25) is 10.1 Å². The van der Waals surface area contributed by atoms with Crippen molar-refractivity contribution in [1.82, 2.24) is 10.2 Å². The molecule has 0 radical (unpaired) electrons. The summed E-state index contributed by atoms with van der Waals surface area (Å²) in [4.78, 5) is 14.8. The minimum absolute atomic E-state index is 0.0965. The van der Waals surface area contributed by atoms with E-state index in [9.17, 15) is 4.79 Å². The second-order valence-electron chi connectivity index (χ2n) is 7.26. The molecule has 0 amide bonds. The van der Waals surface area contributed by atoms with Crippen molar-refractivity contribution in [3.05, 3.63) is 0 Å². The molecule has 1 N–H and O–H groups in total. The molecule has 0 aliphatic heterocycles. The fourth-order valence-electron chi connectivity index (χ4n) is 3.18. The van der Waals surface area contributed by atoms with Crippen molar-refractivity contribution in [2.75, 3.05) is 20.2 Å². The Balaban J connectivity index is 1.90. The Morgan fingerprint density at radius 1 is 1.38 bits per heavy atom. The van der Waals surface area contributed by atoms with Crippen LogP contribution in [-0.2, 0) is 9.53 Å². The summed E-state index contributed by atoms with van der Waals surface area (Å²) in [6.45, 7) is 7.72. The topological polar surface area (TPSA) is 41.6 Å². The van der Waals surface area contributed by atoms with E-state index < -0.39 is 5.54 Å². The highest BCUT2D eigenvalue weighted by Crippen LogP contribution is 2.29. The Morgan fingerprint density at radius 3 is 2.52 bits per heavy atom. The first-order valence-corrected chi connectivity index (χ1v) is 8.59. The zero-order valence-electron chi connectivity index (χ0n) is 14.2. The van der Waals surface area contributed by atoms with Crippen LogP contribution in [0.3, 0.4) is 0 Å². The van der Waals surface area contributed by atoms with Gasteiger partial charge in [0.05, 0.1) is 6.61 Å². The average molecular weight is 296 g/mol. The Bertz CT molecular complexity index is 353. The fraction of sp³-hybridized carbons (Fsp3) is 0.941. The summed E-state index contributed by atoms with van der Waals surface area (Å²) in [5, 5.41) is 3.52. The van der Waals surface area contributed by atoms with Crippen LogP contribution in [0.15, 0.2) is 0 Å². The summed E-state index contributed by atoms with van der Waals surface area (Å²) in [6.07, 6.45) is 7.30. The summed E-state index contributed by atoms with van der Waals surface area (Å²) in [6, 6.07) is 0.884. The molecule has 2 aliphatic carbocycles. The number of hydrogen-bond acceptors (Lipinski definition) is 4. The van der Waals surface area contributed by atoms with Crippen LogP contribution >= 0.6 is 0 Å². The second-order valence-corrected chi connectivity index (χ2v) is 7.26. The standard InChI is InChI=1S/C17H32N2O2/c1-5-21-16(20)17(3,18-15-9-10-15)11-13(2)19(4)12-14-7-6-8-14/h13-15,18H,5-12H2,1-4H3. The van der Waals surface area contributed by atoms with E-state index in [4.69, 9.17) is 4.74 Å². The summed E-state index contributed by atoms with van der Waals surface area (Å²) >= 11 is 0. The fourth-order valence-corrected chi connectivity index (χ4v) is 3.18. The van der Waals surface area contributed by atoms with E-state index in [1.54, 1.807) is 0 Å². The maximum Gasteiger partial charge on any atom is 0.326 e. The molecule has 122 valence electrons. The lowest BCUT2D eigenvalue weighted by atomic mass is 9.84. The van der Waals surface area contributed by atoms with Gasteiger partial charge in [0.25, 0.3) is 0 Å². The third-order valence-corrected chi connectivity index (χ3v) is 5.05. The molecule has 21 heavy (non-hydrogen) atoms. The number of carbonyl (C=O) groups excluding carboxylic acids is 1. The second kappa shape index (κ2) is 7.10. The Labute approximate surface area is 129 Å². The summed E-state index contributed by atoms with van der Waals surface area (Å²) in [5.41, 5.74) is -0.551. The number of nitrogens with one attached hydrogen (secondary N) is 1. The van der Waals surface area contributed by atoms with Gasteiger partial charge in [0.15, 0.2) is 0 Å². The van der Waals surface area contributed by atoms with Gasteiger partial charge in [0, 0.05) is 18.6 Å². The summed E-state index contributed by atoms with van der Waals surface area (Å²) in [7, 11) is 2.19. The van der Waals surface area contributed by atoms with Gasteiger partial charge in [0.2, 0.25) is 0 Å². The van der Waals surface area contributed by atoms with Gasteiger partial charge >= 0.3 is 5.97 Å². The summed E-state index contributed by atoms with van der Waals surface area (Å²) < 4.78 is 5.31. The third kappa shape index (κ3) is 4.68. The first kappa shape index (κ1) is 16.8. The van der Waals surface area contributed by atoms with Gasteiger partial charge in [-0.25, -0.2) is 0 Å². The van der Waals surface area contributed by atoms with Crippen LogP contribution in [0.4, 0.5) is 0 Å². The van der Waals surface area contributed by atoms with Crippen LogP contribution in [0.5, 0.6) is 0 Å². The SMILES string of the molecule is CCOC(=O)C(C)(CC(C)N(C)CC1CCC1)NC1CC1. The molecule has 0 spiro atoms. The van der Waals surface area contributed by atoms with E-state index in [0.29, 0.717) is 18.7 Å². The lowest BCUT2D eigenvalue weighted by Gasteiger charge is -2.37. The molecule has 2 fully saturated rings. The zero-order valence-corrected chi connectivity index (χ0v) is 14.2. The summed E-state index contributed by atoms with van der Waals surface area (Å²) in [5.74, 6) is 0.767. The highest BCUT2D eigenvalue weighted by molar-refractivity contribution is 5.80. The molecular weight excluding hydrogens is 264 g/mol. The normalized spacial score (nSPS) is 23.5. The van der Waals surface area contributed by atoms with Gasteiger partial charge < -0.3 is 9.64 Å². The molecular formula is C17H32N2O2. The number of hydrogen-bond donors (Lipinski definition) is 1. The molecule has 2 aliphatic rings. The first-order valence-electron chi connectivity index (χ1n) is 8.59. The van der Waals surface area contributed by atoms with Crippen molar-refractivity contribution in [2.24, 2.45) is 5.92 Å². The molecule has 0 aromatic carbocycles. The molecule has 2 atom stereocenters. The zero-order chi connectivity index (χ0) is 15.5. The minimum Gasteiger partial charge on any atom is -0.465 e. The number of nitrogens with zero attached hydrogens (tertiary/aromatic N) is 1. The molecule has 0 saturated heterocycles. The van der Waals surface area contributed by atoms with E-state index in [1.807, 2.05) is 13.8 Å². The number of ether oxygens (including phenoxy) is 1. The van der Waals surface area contributed by atoms with Crippen molar-refractivity contribution in [2.45, 2.75) is 76.9 Å². The minimum atomic E-state index is -0.551. The molecule has 4 heteroatoms. The van der Waals surface area contributed by atoms with E-state index >= 15 is 0 Å². The number of carbonyl (C=O) groups is 1. The van der Waals surface area contributed by atoms with Crippen molar-refractivity contribution < 1.29 is 9.53 Å². The maximum atomic E-state index is 12.4. The molecule has 2 saturated carbocycles. The monoisotopic (exact) mass is 296 g/mol. The van der Waals surface area contributed by atoms with Gasteiger partial charge in [0.1, 0.15) is 5.54 Å². The van der Waals surface area contributed by atoms with E-state index in [1.165, 1.54) is 32.1 Å². The molecule has 4 nitrogen and oxygen atoms in total. The third-order valence-electron chi connectivity index (χ3n) is 5.05. The smallest absolute Gasteiger partial charge is 0.326 e. The van der Waals surface area contributed by atoms with Crippen molar-refractivity contribution >= 4 is 5.97 Å². The van der Waals surface area contributed by atoms with Crippen LogP contribution in [-0.4, -0.2) is 48.7 Å². The first-order chi connectivity index (χ1) is 9.94. The van der Waals surface area contributed by atoms with Gasteiger partial charge in [-0.1, -0.05) is 6.42 Å². The van der Waals surface area contributed by atoms with Gasteiger partial charge in [-0.15, -0.1) is 0 Å². The number of rotatable bonds is 9. The molecule has 2 unspecified atom stereocenters. The van der Waals surface area contributed by atoms with E-state index in [-0.39, 0.29) is 5.97 Å². The number of esters is 1. The van der Waals surface area contributed by atoms with Crippen LogP contribution in [0, 0.1) is 5.92 Å². The highest BCUT2D eigenvalue weighted by atomic mass is 16.5. The van der Waals surface area contributed by atoms with Crippen LogP contribution in [0.25, 0.3) is 0 Å². The van der Waals surface area contributed by atoms with Crippen molar-refractivity contribution in [1.29, 1.82) is 0 Å². The molecule has 0 heterocycles. The quantitative estimate of drug-likeness (QED) is 0.664. The van der Waals surface area contributed by atoms with Gasteiger partial charge in [-0.2, -0.15) is 0 Å². The predicted molar refractivity (Wildman–Crippen MR) is 85.2 cm³/mol. The molecule has 0 aromatic rings. The van der Waals surface area contributed by atoms with Crippen molar-refractivity contribution in [3.63, 3.8) is 0 Å². The van der Waals surface area contributed by atoms with Crippen LogP contribution in [0.2, 0.25) is 0 Å². The van der Waals surface area contributed by atoms with Crippen LogP contribution in [0.1, 0.15) is 59.3 Å². The Hall–Kier alpha value is -0.610. The van der Waals surface area contributed by atoms with Crippen LogP contribution < -0.4 is 5.32 Å².